The van der Waals surface area contributed by atoms with Crippen LogP contribution in [-0.4, -0.2) is 58.5 Å². The maximum Gasteiger partial charge on any atom is 0.323 e. The van der Waals surface area contributed by atoms with E-state index in [9.17, 15) is 23.5 Å². The highest BCUT2D eigenvalue weighted by Gasteiger charge is 2.49. The lowest BCUT2D eigenvalue weighted by molar-refractivity contribution is -0.135. The Kier molecular flexibility index (Phi) is 7.18. The summed E-state index contributed by atoms with van der Waals surface area (Å²) in [4.78, 5) is 43.6. The van der Waals surface area contributed by atoms with Crippen LogP contribution in [0.2, 0.25) is 0 Å². The molecule has 2 heterocycles. The van der Waals surface area contributed by atoms with Crippen molar-refractivity contribution in [2.24, 2.45) is 0 Å². The average Bonchev–Trinajstić information content (AvgIpc) is 3.35. The molecule has 4 rings (SSSR count). The number of carbonyl (C=O) groups excluding carboxylic acids is 2. The van der Waals surface area contributed by atoms with Gasteiger partial charge in [-0.05, 0) is 50.5 Å². The lowest BCUT2D eigenvalue weighted by Crippen LogP contribution is -2.43. The van der Waals surface area contributed by atoms with Crippen LogP contribution >= 0.6 is 10.8 Å². The fourth-order valence-electron chi connectivity index (χ4n) is 4.53. The number of urea groups is 1. The van der Waals surface area contributed by atoms with E-state index in [0.29, 0.717) is 17.8 Å². The number of carboxylic acid groups (broad SMARTS) is 1. The first-order valence-corrected chi connectivity index (χ1v) is 13.3. The molecule has 2 aromatic carbocycles. The molecule has 1 fully saturated rings. The Morgan fingerprint density at radius 3 is 2.43 bits per heavy atom. The van der Waals surface area contributed by atoms with Gasteiger partial charge in [0.1, 0.15) is 17.6 Å². The third-order valence-electron chi connectivity index (χ3n) is 6.08. The lowest BCUT2D eigenvalue weighted by atomic mass is 10.0. The summed E-state index contributed by atoms with van der Waals surface area (Å²) in [7, 11) is -3.36. The molecule has 0 bridgehead atoms. The van der Waals surface area contributed by atoms with Gasteiger partial charge in [-0.25, -0.2) is 14.1 Å². The minimum Gasteiger partial charge on any atom is -0.480 e. The van der Waals surface area contributed by atoms with Crippen LogP contribution in [0, 0.1) is 0 Å². The van der Waals surface area contributed by atoms with Crippen LogP contribution in [0.25, 0.3) is 11.0 Å². The van der Waals surface area contributed by atoms with Crippen molar-refractivity contribution in [3.63, 3.8) is 0 Å². The number of nitrogens with one attached hydrogen (secondary N) is 3. The number of imidazole rings is 1. The van der Waals surface area contributed by atoms with E-state index >= 15 is 0 Å². The molecule has 3 amide bonds. The van der Waals surface area contributed by atoms with Crippen molar-refractivity contribution < 1.29 is 28.6 Å². The van der Waals surface area contributed by atoms with Crippen LogP contribution in [-0.2, 0) is 16.0 Å². The number of aliphatic carboxylic acids is 1. The molecule has 37 heavy (non-hydrogen) atoms. The van der Waals surface area contributed by atoms with E-state index in [4.69, 9.17) is 5.11 Å². The van der Waals surface area contributed by atoms with Crippen molar-refractivity contribution in [2.45, 2.75) is 50.4 Å². The summed E-state index contributed by atoms with van der Waals surface area (Å²) >= 11 is 0. The zero-order valence-corrected chi connectivity index (χ0v) is 21.6. The molecule has 1 aliphatic rings. The number of aromatic amines is 1. The van der Waals surface area contributed by atoms with Gasteiger partial charge < -0.3 is 20.7 Å². The van der Waals surface area contributed by atoms with Gasteiger partial charge in [0.05, 0.1) is 29.0 Å². The molecule has 1 unspecified atom stereocenters. The molecular weight excluding hydrogens is 498 g/mol. The molecule has 2 atom stereocenters. The average molecular weight is 530 g/mol. The van der Waals surface area contributed by atoms with E-state index in [0.717, 1.165) is 16.6 Å². The summed E-state index contributed by atoms with van der Waals surface area (Å²) in [6.07, 6.45) is 0.334. The SMILES string of the molecule is CC(C)(C)N1C(=O)CC(c2ccc(C[C@H](NC(=O)NCC(=O)O)c3nc4ccccc4[nH]3)cc2)S1(O)O. The number of rotatable bonds is 7. The molecule has 198 valence electrons. The molecule has 12 heteroatoms. The summed E-state index contributed by atoms with van der Waals surface area (Å²) in [5.41, 5.74) is 2.25. The molecule has 3 aromatic rings. The van der Waals surface area contributed by atoms with E-state index in [2.05, 4.69) is 20.6 Å². The predicted octanol–water partition coefficient (Wildman–Crippen LogP) is 3.97. The largest absolute Gasteiger partial charge is 0.480 e. The van der Waals surface area contributed by atoms with Gasteiger partial charge in [-0.2, -0.15) is 0 Å². The van der Waals surface area contributed by atoms with E-state index in [1.54, 1.807) is 32.9 Å². The molecule has 0 aliphatic carbocycles. The number of carbonyl (C=O) groups is 3. The summed E-state index contributed by atoms with van der Waals surface area (Å²) in [5.74, 6) is -0.956. The van der Waals surface area contributed by atoms with Gasteiger partial charge in [0.25, 0.3) is 0 Å². The van der Waals surface area contributed by atoms with Crippen molar-refractivity contribution in [2.75, 3.05) is 6.54 Å². The maximum atomic E-state index is 12.6. The van der Waals surface area contributed by atoms with E-state index in [1.807, 2.05) is 36.4 Å². The Labute approximate surface area is 215 Å². The van der Waals surface area contributed by atoms with Crippen LogP contribution in [0.15, 0.2) is 48.5 Å². The number of benzene rings is 2. The predicted molar refractivity (Wildman–Crippen MR) is 140 cm³/mol. The van der Waals surface area contributed by atoms with Gasteiger partial charge in [-0.15, -0.1) is 10.8 Å². The maximum absolute atomic E-state index is 12.6. The first-order valence-electron chi connectivity index (χ1n) is 11.8. The van der Waals surface area contributed by atoms with Crippen LogP contribution in [0.4, 0.5) is 4.79 Å². The molecule has 6 N–H and O–H groups in total. The number of hydrogen-bond acceptors (Lipinski definition) is 6. The van der Waals surface area contributed by atoms with Gasteiger partial charge in [-0.1, -0.05) is 36.4 Å². The molecule has 11 nitrogen and oxygen atoms in total. The first-order chi connectivity index (χ1) is 17.4. The van der Waals surface area contributed by atoms with Gasteiger partial charge >= 0.3 is 12.0 Å². The minimum atomic E-state index is -3.36. The van der Waals surface area contributed by atoms with Crippen molar-refractivity contribution in [1.29, 1.82) is 0 Å². The summed E-state index contributed by atoms with van der Waals surface area (Å²) in [5, 5.41) is 13.2. The molecule has 0 radical (unpaired) electrons. The number of fused-ring (bicyclic) bond motifs is 1. The highest BCUT2D eigenvalue weighted by molar-refractivity contribution is 8.23. The highest BCUT2D eigenvalue weighted by Crippen LogP contribution is 2.65. The van der Waals surface area contributed by atoms with E-state index in [-0.39, 0.29) is 12.3 Å². The second kappa shape index (κ2) is 10.0. The highest BCUT2D eigenvalue weighted by atomic mass is 32.3. The van der Waals surface area contributed by atoms with Gasteiger partial charge in [0.15, 0.2) is 0 Å². The fraction of sp³-hybridized carbons (Fsp3) is 0.360. The second-order valence-electron chi connectivity index (χ2n) is 9.97. The number of amides is 3. The van der Waals surface area contributed by atoms with Gasteiger partial charge in [0.2, 0.25) is 5.91 Å². The third-order valence-corrected chi connectivity index (χ3v) is 8.57. The molecular formula is C25H31N5O6S. The zero-order chi connectivity index (χ0) is 27.0. The number of carboxylic acids is 1. The van der Waals surface area contributed by atoms with Gasteiger partial charge in [-0.3, -0.25) is 18.7 Å². The summed E-state index contributed by atoms with van der Waals surface area (Å²) in [6.45, 7) is 4.78. The first kappa shape index (κ1) is 26.5. The van der Waals surface area contributed by atoms with Crippen molar-refractivity contribution in [3.05, 3.63) is 65.5 Å². The Morgan fingerprint density at radius 2 is 1.84 bits per heavy atom. The van der Waals surface area contributed by atoms with Crippen molar-refractivity contribution in [1.82, 2.24) is 24.9 Å². The number of para-hydroxylation sites is 2. The molecule has 1 saturated heterocycles. The Morgan fingerprint density at radius 1 is 1.16 bits per heavy atom. The molecule has 1 aliphatic heterocycles. The quantitative estimate of drug-likeness (QED) is 0.269. The summed E-state index contributed by atoms with van der Waals surface area (Å²) < 4.78 is 23.1. The van der Waals surface area contributed by atoms with E-state index < -0.39 is 46.2 Å². The monoisotopic (exact) mass is 529 g/mol. The number of nitrogens with zero attached hydrogens (tertiary/aromatic N) is 2. The van der Waals surface area contributed by atoms with E-state index in [1.165, 1.54) is 4.31 Å². The topological polar surface area (TPSA) is 168 Å². The smallest absolute Gasteiger partial charge is 0.323 e. The molecule has 0 saturated carbocycles. The van der Waals surface area contributed by atoms with Crippen molar-refractivity contribution in [3.8, 4) is 0 Å². The Hall–Kier alpha value is -3.61. The number of H-pyrrole nitrogens is 1. The molecule has 1 aromatic heterocycles. The number of aromatic nitrogens is 2. The normalized spacial score (nSPS) is 19.0. The minimum absolute atomic E-state index is 0.00582. The lowest BCUT2D eigenvalue weighted by Gasteiger charge is -2.47. The van der Waals surface area contributed by atoms with Crippen LogP contribution in [0.3, 0.4) is 0 Å². The standard InChI is InChI=1S/C25H31N5O6S/c1-25(2,3)30-21(31)13-20(37(30,35)36)16-10-8-15(9-11-16)12-19(29-24(34)26-14-22(32)33)23-27-17-6-4-5-7-18(17)28-23/h4-11,19-20,35-36H,12-14H2,1-3H3,(H,27,28)(H,32,33)(H2,26,29,34)/t19-,20?/m0/s1. The fourth-order valence-corrected chi connectivity index (χ4v) is 6.85. The Bertz CT molecular complexity index is 1280. The third kappa shape index (κ3) is 5.71. The van der Waals surface area contributed by atoms with Crippen LogP contribution in [0.5, 0.6) is 0 Å². The second-order valence-corrected chi connectivity index (χ2v) is 12.0. The van der Waals surface area contributed by atoms with Gasteiger partial charge in [0, 0.05) is 0 Å². The molecule has 0 spiro atoms. The van der Waals surface area contributed by atoms with Crippen LogP contribution in [0.1, 0.15) is 55.4 Å². The zero-order valence-electron chi connectivity index (χ0n) is 20.8. The van der Waals surface area contributed by atoms with Crippen LogP contribution < -0.4 is 10.6 Å². The van der Waals surface area contributed by atoms with Crippen molar-refractivity contribution >= 4 is 39.7 Å². The summed E-state index contributed by atoms with van der Waals surface area (Å²) in [6, 6.07) is 13.3. The Balaban J connectivity index is 1.56. The number of hydrogen-bond donors (Lipinski definition) is 6.